The second-order valence-electron chi connectivity index (χ2n) is 7.76. The van der Waals surface area contributed by atoms with Crippen LogP contribution in [-0.4, -0.2) is 17.2 Å². The summed E-state index contributed by atoms with van der Waals surface area (Å²) in [7, 11) is 0. The Kier molecular flexibility index (Phi) is 6.55. The summed E-state index contributed by atoms with van der Waals surface area (Å²) < 4.78 is 98.1. The van der Waals surface area contributed by atoms with Gasteiger partial charge in [0.15, 0.2) is 0 Å². The van der Waals surface area contributed by atoms with Gasteiger partial charge in [-0.15, -0.1) is 0 Å². The molecule has 0 aromatic heterocycles. The fourth-order valence-corrected chi connectivity index (χ4v) is 4.08. The molecule has 1 N–H and O–H groups in total. The highest BCUT2D eigenvalue weighted by atomic mass is 19.4. The largest absolute Gasteiger partial charge is 0.481 e. The normalized spacial score (nSPS) is 22.7. The van der Waals surface area contributed by atoms with Gasteiger partial charge in [-0.2, -0.15) is 26.3 Å². The van der Waals surface area contributed by atoms with E-state index in [0.29, 0.717) is 17.7 Å². The van der Waals surface area contributed by atoms with Crippen LogP contribution >= 0.6 is 0 Å². The topological polar surface area (TPSA) is 46.5 Å². The minimum Gasteiger partial charge on any atom is -0.481 e. The third-order valence-electron chi connectivity index (χ3n) is 5.63. The molecule has 32 heavy (non-hydrogen) atoms. The molecule has 0 heterocycles. The van der Waals surface area contributed by atoms with Crippen molar-refractivity contribution in [1.29, 1.82) is 0 Å². The van der Waals surface area contributed by atoms with Crippen molar-refractivity contribution in [2.45, 2.75) is 50.2 Å². The van der Waals surface area contributed by atoms with E-state index in [9.17, 15) is 40.6 Å². The predicted octanol–water partition coefficient (Wildman–Crippen LogP) is 6.59. The van der Waals surface area contributed by atoms with Crippen LogP contribution in [0.3, 0.4) is 0 Å². The van der Waals surface area contributed by atoms with Gasteiger partial charge in [0.2, 0.25) is 0 Å². The number of hydrogen-bond acceptors (Lipinski definition) is 2. The zero-order chi connectivity index (χ0) is 23.8. The monoisotopic (exact) mass is 464 g/mol. The molecule has 0 aliphatic heterocycles. The first-order valence-corrected chi connectivity index (χ1v) is 9.70. The number of aliphatic carboxylic acids is 1. The lowest BCUT2D eigenvalue weighted by atomic mass is 9.87. The Morgan fingerprint density at radius 2 is 1.50 bits per heavy atom. The van der Waals surface area contributed by atoms with Crippen LogP contribution < -0.4 is 0 Å². The van der Waals surface area contributed by atoms with Crippen molar-refractivity contribution in [2.75, 3.05) is 0 Å². The average Bonchev–Trinajstić information content (AvgIpc) is 3.10. The van der Waals surface area contributed by atoms with E-state index in [-0.39, 0.29) is 24.5 Å². The Hall–Kier alpha value is -2.62. The molecular formula is C22H19F7O3. The molecular weight excluding hydrogens is 445 g/mol. The Labute approximate surface area is 178 Å². The molecule has 0 bridgehead atoms. The van der Waals surface area contributed by atoms with Crippen molar-refractivity contribution in [3.05, 3.63) is 70.5 Å². The zero-order valence-electron chi connectivity index (χ0n) is 16.7. The fourth-order valence-electron chi connectivity index (χ4n) is 4.08. The molecule has 1 fully saturated rings. The maximum absolute atomic E-state index is 13.3. The third-order valence-corrected chi connectivity index (χ3v) is 5.63. The summed E-state index contributed by atoms with van der Waals surface area (Å²) in [5.74, 6) is -3.27. The summed E-state index contributed by atoms with van der Waals surface area (Å²) in [5.41, 5.74) is -2.78. The molecule has 2 aromatic rings. The lowest BCUT2D eigenvalue weighted by Crippen LogP contribution is -2.26. The highest BCUT2D eigenvalue weighted by molar-refractivity contribution is 5.72. The standard InChI is InChI=1S/C22H19F7O3/c1-11(13-8-14(21(24,25)26)10-15(9-13)22(27,28)29)32-18-7-6-17(20(30)31)19(18)12-2-4-16(23)5-3-12/h2-5,8-11,17-19H,6-7H2,1H3,(H,30,31)/t11-,17?,18?,19?/m0/s1. The Balaban J connectivity index is 1.93. The molecule has 1 aliphatic carbocycles. The van der Waals surface area contributed by atoms with Crippen molar-refractivity contribution in [3.8, 4) is 0 Å². The van der Waals surface area contributed by atoms with E-state index in [1.54, 1.807) is 0 Å². The Morgan fingerprint density at radius 3 is 1.97 bits per heavy atom. The van der Waals surface area contributed by atoms with Crippen LogP contribution in [0, 0.1) is 11.7 Å². The lowest BCUT2D eigenvalue weighted by molar-refractivity contribution is -0.144. The molecule has 10 heteroatoms. The van der Waals surface area contributed by atoms with E-state index in [1.165, 1.54) is 19.1 Å². The van der Waals surface area contributed by atoms with E-state index in [1.807, 2.05) is 0 Å². The SMILES string of the molecule is C[C@H](OC1CCC(C(=O)O)C1c1ccc(F)cc1)c1cc(C(F)(F)F)cc(C(F)(F)F)c1. The molecule has 4 atom stereocenters. The van der Waals surface area contributed by atoms with E-state index in [4.69, 9.17) is 4.74 Å². The lowest BCUT2D eigenvalue weighted by Gasteiger charge is -2.27. The first kappa shape index (κ1) is 24.0. The van der Waals surface area contributed by atoms with Crippen LogP contribution in [0.1, 0.15) is 54.0 Å². The average molecular weight is 464 g/mol. The minimum absolute atomic E-state index is 0.0353. The molecule has 0 saturated heterocycles. The summed E-state index contributed by atoms with van der Waals surface area (Å²) >= 11 is 0. The quantitative estimate of drug-likeness (QED) is 0.508. The van der Waals surface area contributed by atoms with Crippen molar-refractivity contribution >= 4 is 5.97 Å². The number of alkyl halides is 6. The summed E-state index contributed by atoms with van der Waals surface area (Å²) in [4.78, 5) is 11.7. The number of rotatable bonds is 5. The van der Waals surface area contributed by atoms with E-state index in [0.717, 1.165) is 12.1 Å². The third kappa shape index (κ3) is 5.23. The van der Waals surface area contributed by atoms with Crippen LogP contribution in [-0.2, 0) is 21.9 Å². The van der Waals surface area contributed by atoms with Gasteiger partial charge >= 0.3 is 18.3 Å². The molecule has 0 amide bonds. The van der Waals surface area contributed by atoms with Crippen LogP contribution in [0.25, 0.3) is 0 Å². The van der Waals surface area contributed by atoms with Gasteiger partial charge in [-0.3, -0.25) is 4.79 Å². The molecule has 1 saturated carbocycles. The second kappa shape index (κ2) is 8.73. The number of carbonyl (C=O) groups is 1. The van der Waals surface area contributed by atoms with Gasteiger partial charge in [-0.25, -0.2) is 4.39 Å². The van der Waals surface area contributed by atoms with Gasteiger partial charge in [0.05, 0.1) is 29.3 Å². The molecule has 0 radical (unpaired) electrons. The first-order chi connectivity index (χ1) is 14.8. The summed E-state index contributed by atoms with van der Waals surface area (Å²) in [6, 6.07) is 6.31. The first-order valence-electron chi connectivity index (χ1n) is 9.70. The van der Waals surface area contributed by atoms with E-state index < -0.39 is 59.3 Å². The van der Waals surface area contributed by atoms with Gasteiger partial charge in [0.1, 0.15) is 5.82 Å². The molecule has 1 aliphatic rings. The minimum atomic E-state index is -4.99. The highest BCUT2D eigenvalue weighted by Gasteiger charge is 2.43. The maximum Gasteiger partial charge on any atom is 0.416 e. The van der Waals surface area contributed by atoms with Crippen molar-refractivity contribution in [1.82, 2.24) is 0 Å². The van der Waals surface area contributed by atoms with E-state index >= 15 is 0 Å². The number of ether oxygens (including phenoxy) is 1. The van der Waals surface area contributed by atoms with Crippen LogP contribution in [0.2, 0.25) is 0 Å². The summed E-state index contributed by atoms with van der Waals surface area (Å²) in [6.45, 7) is 1.31. The molecule has 2 aromatic carbocycles. The van der Waals surface area contributed by atoms with Crippen LogP contribution in [0.5, 0.6) is 0 Å². The van der Waals surface area contributed by atoms with Crippen LogP contribution in [0.4, 0.5) is 30.7 Å². The van der Waals surface area contributed by atoms with Crippen molar-refractivity contribution in [3.63, 3.8) is 0 Å². The van der Waals surface area contributed by atoms with Gasteiger partial charge in [0.25, 0.3) is 0 Å². The van der Waals surface area contributed by atoms with Crippen molar-refractivity contribution in [2.24, 2.45) is 5.92 Å². The molecule has 3 unspecified atom stereocenters. The van der Waals surface area contributed by atoms with Gasteiger partial charge in [0, 0.05) is 5.92 Å². The van der Waals surface area contributed by atoms with Gasteiger partial charge < -0.3 is 9.84 Å². The van der Waals surface area contributed by atoms with E-state index in [2.05, 4.69) is 0 Å². The predicted molar refractivity (Wildman–Crippen MR) is 99.2 cm³/mol. The Bertz CT molecular complexity index is 935. The van der Waals surface area contributed by atoms with Crippen molar-refractivity contribution < 1.29 is 45.4 Å². The molecule has 0 spiro atoms. The number of carboxylic acid groups (broad SMARTS) is 1. The molecule has 3 rings (SSSR count). The number of hydrogen-bond donors (Lipinski definition) is 1. The number of carboxylic acids is 1. The summed E-state index contributed by atoms with van der Waals surface area (Å²) in [6.07, 6.45) is -11.5. The Morgan fingerprint density at radius 1 is 0.969 bits per heavy atom. The highest BCUT2D eigenvalue weighted by Crippen LogP contribution is 2.44. The van der Waals surface area contributed by atoms with Gasteiger partial charge in [-0.1, -0.05) is 12.1 Å². The number of halogens is 7. The zero-order valence-corrected chi connectivity index (χ0v) is 16.7. The van der Waals surface area contributed by atoms with Gasteiger partial charge in [-0.05, 0) is 61.2 Å². The fraction of sp³-hybridized carbons (Fsp3) is 0.409. The molecule has 3 nitrogen and oxygen atoms in total. The maximum atomic E-state index is 13.3. The molecule has 174 valence electrons. The smallest absolute Gasteiger partial charge is 0.416 e. The van der Waals surface area contributed by atoms with Crippen LogP contribution in [0.15, 0.2) is 42.5 Å². The second-order valence-corrected chi connectivity index (χ2v) is 7.76. The summed E-state index contributed by atoms with van der Waals surface area (Å²) in [5, 5.41) is 9.54. The number of benzene rings is 2.